The van der Waals surface area contributed by atoms with Crippen molar-refractivity contribution in [1.82, 2.24) is 14.9 Å². The predicted octanol–water partition coefficient (Wildman–Crippen LogP) is 4.93. The first kappa shape index (κ1) is 18.1. The summed E-state index contributed by atoms with van der Waals surface area (Å²) in [5.74, 6) is 1.79. The number of anilines is 1. The molecule has 6 heteroatoms. The zero-order chi connectivity index (χ0) is 19.1. The maximum absolute atomic E-state index is 13.2. The number of aromatic nitrogens is 2. The number of nitrogens with zero attached hydrogens (tertiary/aromatic N) is 3. The van der Waals surface area contributed by atoms with Crippen LogP contribution in [0.3, 0.4) is 0 Å². The molecule has 0 aromatic carbocycles. The second kappa shape index (κ2) is 7.47. The van der Waals surface area contributed by atoms with Gasteiger partial charge in [-0.3, -0.25) is 4.79 Å². The average Bonchev–Trinajstić information content (AvgIpc) is 3.43. The quantitative estimate of drug-likeness (QED) is 0.728. The van der Waals surface area contributed by atoms with Crippen molar-refractivity contribution in [2.75, 3.05) is 18.4 Å². The highest BCUT2D eigenvalue weighted by Gasteiger charge is 2.41. The molecule has 5 rings (SSSR count). The van der Waals surface area contributed by atoms with Crippen LogP contribution in [0, 0.1) is 12.8 Å². The predicted molar refractivity (Wildman–Crippen MR) is 114 cm³/mol. The van der Waals surface area contributed by atoms with E-state index in [1.165, 1.54) is 56.3 Å². The highest BCUT2D eigenvalue weighted by Crippen LogP contribution is 2.40. The zero-order valence-electron chi connectivity index (χ0n) is 16.5. The number of aryl methyl sites for hydroxylation is 1. The van der Waals surface area contributed by atoms with Gasteiger partial charge in [0.15, 0.2) is 0 Å². The van der Waals surface area contributed by atoms with Crippen molar-refractivity contribution in [2.24, 2.45) is 5.92 Å². The summed E-state index contributed by atoms with van der Waals surface area (Å²) in [6, 6.07) is 0.453. The van der Waals surface area contributed by atoms with E-state index in [-0.39, 0.29) is 5.91 Å². The van der Waals surface area contributed by atoms with Crippen molar-refractivity contribution in [3.8, 4) is 0 Å². The number of allylic oxidation sites excluding steroid dienone is 1. The molecule has 0 radical (unpaired) electrons. The van der Waals surface area contributed by atoms with Gasteiger partial charge >= 0.3 is 0 Å². The molecular weight excluding hydrogens is 368 g/mol. The average molecular weight is 397 g/mol. The normalized spacial score (nSPS) is 24.0. The molecule has 148 valence electrons. The lowest BCUT2D eigenvalue weighted by Crippen LogP contribution is -2.37. The van der Waals surface area contributed by atoms with E-state index in [2.05, 4.69) is 33.2 Å². The summed E-state index contributed by atoms with van der Waals surface area (Å²) < 4.78 is 0. The largest absolute Gasteiger partial charge is 0.369 e. The molecule has 1 N–H and O–H groups in total. The molecule has 2 aliphatic carbocycles. The van der Waals surface area contributed by atoms with Gasteiger partial charge in [-0.15, -0.1) is 11.3 Å². The lowest BCUT2D eigenvalue weighted by Gasteiger charge is -2.26. The van der Waals surface area contributed by atoms with Crippen molar-refractivity contribution >= 4 is 33.3 Å². The van der Waals surface area contributed by atoms with Gasteiger partial charge in [-0.05, 0) is 69.8 Å². The third-order valence-corrected chi connectivity index (χ3v) is 7.90. The molecule has 3 aliphatic rings. The number of amides is 1. The first-order valence-electron chi connectivity index (χ1n) is 10.7. The Hall–Kier alpha value is -1.95. The molecule has 0 unspecified atom stereocenters. The van der Waals surface area contributed by atoms with Crippen molar-refractivity contribution in [3.63, 3.8) is 0 Å². The number of thiophene rings is 1. The molecule has 2 aromatic rings. The van der Waals surface area contributed by atoms with Gasteiger partial charge in [0.25, 0.3) is 5.91 Å². The van der Waals surface area contributed by atoms with E-state index in [1.807, 2.05) is 0 Å². The minimum Gasteiger partial charge on any atom is -0.369 e. The fourth-order valence-electron chi connectivity index (χ4n) is 5.19. The minimum absolute atomic E-state index is 0.200. The van der Waals surface area contributed by atoms with Crippen molar-refractivity contribution < 1.29 is 4.79 Å². The topological polar surface area (TPSA) is 58.1 Å². The van der Waals surface area contributed by atoms with Gasteiger partial charge in [0.2, 0.25) is 0 Å². The highest BCUT2D eigenvalue weighted by molar-refractivity contribution is 7.20. The van der Waals surface area contributed by atoms with E-state index in [0.29, 0.717) is 6.04 Å². The number of carbonyl (C=O) groups excluding carboxylic acids is 1. The van der Waals surface area contributed by atoms with Gasteiger partial charge in [-0.2, -0.15) is 0 Å². The van der Waals surface area contributed by atoms with Gasteiger partial charge in [0, 0.05) is 19.1 Å². The van der Waals surface area contributed by atoms with Crippen LogP contribution < -0.4 is 5.32 Å². The molecule has 3 heterocycles. The Labute approximate surface area is 170 Å². The van der Waals surface area contributed by atoms with Crippen LogP contribution in [-0.2, 0) is 0 Å². The lowest BCUT2D eigenvalue weighted by molar-refractivity contribution is 0.0708. The molecule has 1 amide bonds. The van der Waals surface area contributed by atoms with Gasteiger partial charge in [-0.25, -0.2) is 9.97 Å². The maximum atomic E-state index is 13.2. The van der Waals surface area contributed by atoms with Crippen molar-refractivity contribution in [2.45, 2.75) is 64.3 Å². The number of piperidine rings is 1. The van der Waals surface area contributed by atoms with Crippen LogP contribution >= 0.6 is 11.3 Å². The van der Waals surface area contributed by atoms with Gasteiger partial charge in [0.05, 0.1) is 10.3 Å². The number of fused-ring (bicyclic) bond motifs is 3. The Bertz CT molecular complexity index is 934. The van der Waals surface area contributed by atoms with Crippen molar-refractivity contribution in [1.29, 1.82) is 0 Å². The summed E-state index contributed by atoms with van der Waals surface area (Å²) in [5, 5.41) is 4.54. The minimum atomic E-state index is 0.200. The van der Waals surface area contributed by atoms with E-state index >= 15 is 0 Å². The Kier molecular flexibility index (Phi) is 4.83. The summed E-state index contributed by atoms with van der Waals surface area (Å²) in [6.07, 6.45) is 13.8. The van der Waals surface area contributed by atoms with Crippen LogP contribution in [0.1, 0.15) is 66.6 Å². The van der Waals surface area contributed by atoms with Crippen LogP contribution in [0.5, 0.6) is 0 Å². The standard InChI is InChI=1S/C22H28N4OS/c1-14-18-20(23-10-9-15-5-3-2-4-6-15)24-13-25-21(18)28-19(14)22(27)26-12-16-7-8-17(26)11-16/h5,13,16-17H,2-4,6-12H2,1H3,(H,23,24,25)/t16-,17+/m0/s1. The molecule has 2 atom stereocenters. The second-order valence-electron chi connectivity index (χ2n) is 8.53. The zero-order valence-corrected chi connectivity index (χ0v) is 17.4. The van der Waals surface area contributed by atoms with Gasteiger partial charge in [-0.1, -0.05) is 11.6 Å². The van der Waals surface area contributed by atoms with E-state index < -0.39 is 0 Å². The van der Waals surface area contributed by atoms with E-state index in [4.69, 9.17) is 0 Å². The van der Waals surface area contributed by atoms with E-state index in [1.54, 1.807) is 11.9 Å². The Morgan fingerprint density at radius 1 is 1.32 bits per heavy atom. The fourth-order valence-corrected chi connectivity index (χ4v) is 6.29. The Morgan fingerprint density at radius 3 is 3.00 bits per heavy atom. The molecule has 2 aromatic heterocycles. The van der Waals surface area contributed by atoms with Crippen LogP contribution in [0.4, 0.5) is 5.82 Å². The summed E-state index contributed by atoms with van der Waals surface area (Å²) in [6.45, 7) is 3.87. The Morgan fingerprint density at radius 2 is 2.25 bits per heavy atom. The lowest BCUT2D eigenvalue weighted by atomic mass is 9.97. The summed E-state index contributed by atoms with van der Waals surface area (Å²) >= 11 is 1.53. The monoisotopic (exact) mass is 396 g/mol. The molecule has 28 heavy (non-hydrogen) atoms. The molecule has 2 bridgehead atoms. The molecule has 2 fully saturated rings. The van der Waals surface area contributed by atoms with Gasteiger partial charge < -0.3 is 10.2 Å². The van der Waals surface area contributed by atoms with Gasteiger partial charge in [0.1, 0.15) is 17.0 Å². The van der Waals surface area contributed by atoms with Crippen LogP contribution in [0.15, 0.2) is 18.0 Å². The summed E-state index contributed by atoms with van der Waals surface area (Å²) in [4.78, 5) is 26.1. The molecular formula is C22H28N4OS. The van der Waals surface area contributed by atoms with Crippen molar-refractivity contribution in [3.05, 3.63) is 28.4 Å². The smallest absolute Gasteiger partial charge is 0.264 e. The molecule has 0 spiro atoms. The number of rotatable bonds is 5. The first-order valence-corrected chi connectivity index (χ1v) is 11.5. The summed E-state index contributed by atoms with van der Waals surface area (Å²) in [7, 11) is 0. The maximum Gasteiger partial charge on any atom is 0.264 e. The molecule has 1 aliphatic heterocycles. The second-order valence-corrected chi connectivity index (χ2v) is 9.53. The fraction of sp³-hybridized carbons (Fsp3) is 0.591. The van der Waals surface area contributed by atoms with E-state index in [0.717, 1.165) is 51.9 Å². The first-order chi connectivity index (χ1) is 13.7. The molecule has 5 nitrogen and oxygen atoms in total. The highest BCUT2D eigenvalue weighted by atomic mass is 32.1. The number of nitrogens with one attached hydrogen (secondary N) is 1. The number of carbonyl (C=O) groups is 1. The Balaban J connectivity index is 1.36. The van der Waals surface area contributed by atoms with Crippen LogP contribution in [0.25, 0.3) is 10.2 Å². The SMILES string of the molecule is Cc1c(C(=O)N2C[C@H]3CC[C@@H]2C3)sc2ncnc(NCCC3=CCCCC3)c12. The number of hydrogen-bond donors (Lipinski definition) is 1. The third kappa shape index (κ3) is 3.21. The third-order valence-electron chi connectivity index (χ3n) is 6.71. The van der Waals surface area contributed by atoms with Crippen LogP contribution in [-0.4, -0.2) is 39.9 Å². The molecule has 1 saturated heterocycles. The molecule has 1 saturated carbocycles. The van der Waals surface area contributed by atoms with Crippen LogP contribution in [0.2, 0.25) is 0 Å². The number of hydrogen-bond acceptors (Lipinski definition) is 5. The summed E-state index contributed by atoms with van der Waals surface area (Å²) in [5.41, 5.74) is 2.60. The number of likely N-dealkylation sites (tertiary alicyclic amines) is 1. The van der Waals surface area contributed by atoms with E-state index in [9.17, 15) is 4.79 Å².